The van der Waals surface area contributed by atoms with Gasteiger partial charge in [0.05, 0.1) is 5.69 Å². The van der Waals surface area contributed by atoms with Gasteiger partial charge in [0, 0.05) is 25.4 Å². The molecular formula is C13H16N4. The van der Waals surface area contributed by atoms with E-state index in [2.05, 4.69) is 15.4 Å². The van der Waals surface area contributed by atoms with Crippen molar-refractivity contribution in [3.63, 3.8) is 0 Å². The van der Waals surface area contributed by atoms with Crippen LogP contribution in [0, 0.1) is 0 Å². The van der Waals surface area contributed by atoms with Crippen molar-refractivity contribution in [3.05, 3.63) is 30.0 Å². The van der Waals surface area contributed by atoms with Gasteiger partial charge >= 0.3 is 0 Å². The van der Waals surface area contributed by atoms with E-state index in [9.17, 15) is 0 Å². The Kier molecular flexibility index (Phi) is 2.55. The molecule has 0 aromatic carbocycles. The van der Waals surface area contributed by atoms with Crippen molar-refractivity contribution in [2.24, 2.45) is 7.05 Å². The van der Waals surface area contributed by atoms with Gasteiger partial charge in [0.15, 0.2) is 0 Å². The van der Waals surface area contributed by atoms with Crippen LogP contribution in [0.25, 0.3) is 11.4 Å². The van der Waals surface area contributed by atoms with Gasteiger partial charge in [-0.05, 0) is 31.4 Å². The van der Waals surface area contributed by atoms with Crippen molar-refractivity contribution in [1.29, 1.82) is 0 Å². The molecule has 1 aliphatic rings. The van der Waals surface area contributed by atoms with Crippen molar-refractivity contribution in [2.45, 2.75) is 19.3 Å². The van der Waals surface area contributed by atoms with Gasteiger partial charge in [-0.3, -0.25) is 9.67 Å². The number of pyridine rings is 1. The van der Waals surface area contributed by atoms with Crippen molar-refractivity contribution < 1.29 is 0 Å². The number of aromatic nitrogens is 3. The maximum Gasteiger partial charge on any atom is 0.127 e. The number of aryl methyl sites for hydroxylation is 1. The lowest BCUT2D eigenvalue weighted by Crippen LogP contribution is -2.04. The molecule has 17 heavy (non-hydrogen) atoms. The molecule has 1 aliphatic heterocycles. The third-order valence-electron chi connectivity index (χ3n) is 3.20. The van der Waals surface area contributed by atoms with E-state index in [0.717, 1.165) is 30.2 Å². The molecule has 4 heteroatoms. The van der Waals surface area contributed by atoms with Gasteiger partial charge in [-0.15, -0.1) is 0 Å². The minimum atomic E-state index is 0.966. The van der Waals surface area contributed by atoms with Gasteiger partial charge in [-0.25, -0.2) is 0 Å². The van der Waals surface area contributed by atoms with Crippen LogP contribution in [-0.2, 0) is 13.5 Å². The number of nitrogens with zero attached hydrogens (tertiary/aromatic N) is 3. The minimum Gasteiger partial charge on any atom is -0.370 e. The first kappa shape index (κ1) is 10.3. The molecule has 88 valence electrons. The van der Waals surface area contributed by atoms with Gasteiger partial charge in [0.1, 0.15) is 11.5 Å². The molecule has 0 amide bonds. The lowest BCUT2D eigenvalue weighted by Gasteiger charge is -2.03. The lowest BCUT2D eigenvalue weighted by atomic mass is 10.1. The topological polar surface area (TPSA) is 42.7 Å². The van der Waals surface area contributed by atoms with Crippen LogP contribution < -0.4 is 5.32 Å². The predicted molar refractivity (Wildman–Crippen MR) is 67.9 cm³/mol. The third kappa shape index (κ3) is 1.79. The predicted octanol–water partition coefficient (Wildman–Crippen LogP) is 2.23. The molecule has 0 saturated carbocycles. The number of fused-ring (bicyclic) bond motifs is 1. The second-order valence-corrected chi connectivity index (χ2v) is 4.40. The molecule has 2 aromatic heterocycles. The normalized spacial score (nSPS) is 14.9. The first-order chi connectivity index (χ1) is 8.36. The Bertz CT molecular complexity index is 516. The van der Waals surface area contributed by atoms with E-state index in [4.69, 9.17) is 0 Å². The van der Waals surface area contributed by atoms with Crippen LogP contribution >= 0.6 is 0 Å². The van der Waals surface area contributed by atoms with Crippen molar-refractivity contribution >= 4 is 5.82 Å². The van der Waals surface area contributed by atoms with E-state index in [-0.39, 0.29) is 0 Å². The molecule has 0 atom stereocenters. The van der Waals surface area contributed by atoms with E-state index in [1.165, 1.54) is 18.4 Å². The molecule has 0 saturated heterocycles. The highest BCUT2D eigenvalue weighted by atomic mass is 15.3. The number of hydrogen-bond acceptors (Lipinski definition) is 3. The smallest absolute Gasteiger partial charge is 0.127 e. The number of hydrogen-bond donors (Lipinski definition) is 1. The average Bonchev–Trinajstić information content (AvgIpc) is 2.57. The maximum atomic E-state index is 4.60. The largest absolute Gasteiger partial charge is 0.370 e. The fourth-order valence-electron chi connectivity index (χ4n) is 2.37. The van der Waals surface area contributed by atoms with Gasteiger partial charge < -0.3 is 5.32 Å². The zero-order valence-corrected chi connectivity index (χ0v) is 9.98. The Morgan fingerprint density at radius 2 is 2.24 bits per heavy atom. The van der Waals surface area contributed by atoms with Crippen molar-refractivity contribution in [3.8, 4) is 11.4 Å². The highest BCUT2D eigenvalue weighted by molar-refractivity contribution is 5.66. The Hall–Kier alpha value is -1.84. The highest BCUT2D eigenvalue weighted by Gasteiger charge is 2.19. The van der Waals surface area contributed by atoms with Crippen LogP contribution in [-0.4, -0.2) is 21.3 Å². The standard InChI is InChI=1S/C13H16N4/c1-17-13-10(6-2-4-9-15-13)12(16-17)11-7-3-5-8-14-11/h3,5,7-8,15H,2,4,6,9H2,1H3. The fraction of sp³-hybridized carbons (Fsp3) is 0.385. The monoisotopic (exact) mass is 228 g/mol. The molecule has 2 aromatic rings. The summed E-state index contributed by atoms with van der Waals surface area (Å²) in [7, 11) is 1.99. The Morgan fingerprint density at radius 3 is 3.06 bits per heavy atom. The lowest BCUT2D eigenvalue weighted by molar-refractivity contribution is 0.756. The zero-order valence-electron chi connectivity index (χ0n) is 9.98. The SMILES string of the molecule is Cn1nc(-c2ccccn2)c2c1NCCCC2. The van der Waals surface area contributed by atoms with Gasteiger partial charge in [0.2, 0.25) is 0 Å². The number of anilines is 1. The number of nitrogens with one attached hydrogen (secondary N) is 1. The molecule has 1 N–H and O–H groups in total. The molecule has 0 unspecified atom stereocenters. The van der Waals surface area contributed by atoms with E-state index >= 15 is 0 Å². The van der Waals surface area contributed by atoms with Crippen LogP contribution in [0.1, 0.15) is 18.4 Å². The van der Waals surface area contributed by atoms with Crippen LogP contribution in [0.2, 0.25) is 0 Å². The summed E-state index contributed by atoms with van der Waals surface area (Å²) < 4.78 is 1.94. The Morgan fingerprint density at radius 1 is 1.29 bits per heavy atom. The van der Waals surface area contributed by atoms with Gasteiger partial charge in [-0.1, -0.05) is 6.07 Å². The second kappa shape index (κ2) is 4.20. The highest BCUT2D eigenvalue weighted by Crippen LogP contribution is 2.30. The maximum absolute atomic E-state index is 4.60. The summed E-state index contributed by atoms with van der Waals surface area (Å²) in [6.07, 6.45) is 5.34. The summed E-state index contributed by atoms with van der Waals surface area (Å²) in [6, 6.07) is 5.96. The zero-order chi connectivity index (χ0) is 11.7. The third-order valence-corrected chi connectivity index (χ3v) is 3.20. The first-order valence-corrected chi connectivity index (χ1v) is 6.07. The summed E-state index contributed by atoms with van der Waals surface area (Å²) in [4.78, 5) is 4.40. The van der Waals surface area contributed by atoms with Crippen molar-refractivity contribution in [1.82, 2.24) is 14.8 Å². The molecule has 0 aliphatic carbocycles. The summed E-state index contributed by atoms with van der Waals surface area (Å²) in [5, 5.41) is 8.05. The van der Waals surface area contributed by atoms with Crippen LogP contribution in [0.4, 0.5) is 5.82 Å². The molecule has 0 fully saturated rings. The molecule has 0 radical (unpaired) electrons. The van der Waals surface area contributed by atoms with Gasteiger partial charge in [0.25, 0.3) is 0 Å². The fourth-order valence-corrected chi connectivity index (χ4v) is 2.37. The second-order valence-electron chi connectivity index (χ2n) is 4.40. The van der Waals surface area contributed by atoms with E-state index < -0.39 is 0 Å². The van der Waals surface area contributed by atoms with Crippen LogP contribution in [0.3, 0.4) is 0 Å². The Balaban J connectivity index is 2.12. The summed E-state index contributed by atoms with van der Waals surface area (Å²) in [6.45, 7) is 1.04. The minimum absolute atomic E-state index is 0.966. The molecular weight excluding hydrogens is 212 g/mol. The average molecular weight is 228 g/mol. The van der Waals surface area contributed by atoms with Gasteiger partial charge in [-0.2, -0.15) is 5.10 Å². The van der Waals surface area contributed by atoms with Crippen LogP contribution in [0.15, 0.2) is 24.4 Å². The summed E-state index contributed by atoms with van der Waals surface area (Å²) in [5.74, 6) is 1.16. The van der Waals surface area contributed by atoms with E-state index in [1.54, 1.807) is 0 Å². The van der Waals surface area contributed by atoms with E-state index in [1.807, 2.05) is 36.1 Å². The van der Waals surface area contributed by atoms with Crippen molar-refractivity contribution in [2.75, 3.05) is 11.9 Å². The molecule has 4 nitrogen and oxygen atoms in total. The molecule has 3 rings (SSSR count). The van der Waals surface area contributed by atoms with E-state index in [0.29, 0.717) is 0 Å². The molecule has 3 heterocycles. The number of rotatable bonds is 1. The first-order valence-electron chi connectivity index (χ1n) is 6.07. The van der Waals surface area contributed by atoms with Crippen LogP contribution in [0.5, 0.6) is 0 Å². The summed E-state index contributed by atoms with van der Waals surface area (Å²) >= 11 is 0. The molecule has 0 bridgehead atoms. The molecule has 0 spiro atoms. The quantitative estimate of drug-likeness (QED) is 0.814. The Labute approximate surface area is 101 Å². The summed E-state index contributed by atoms with van der Waals surface area (Å²) in [5.41, 5.74) is 3.30.